The van der Waals surface area contributed by atoms with Gasteiger partial charge in [0.05, 0.1) is 7.11 Å². The van der Waals surface area contributed by atoms with Gasteiger partial charge in [-0.3, -0.25) is 0 Å². The van der Waals surface area contributed by atoms with Gasteiger partial charge in [-0.2, -0.15) is 0 Å². The summed E-state index contributed by atoms with van der Waals surface area (Å²) in [5.74, 6) is 1.74. The number of ether oxygens (including phenoxy) is 2. The van der Waals surface area contributed by atoms with E-state index in [1.807, 2.05) is 42.5 Å². The Hall–Kier alpha value is -3.05. The van der Waals surface area contributed by atoms with Crippen LogP contribution in [0.5, 0.6) is 11.5 Å². The maximum atomic E-state index is 5.88. The van der Waals surface area contributed by atoms with Gasteiger partial charge in [0.15, 0.2) is 0 Å². The van der Waals surface area contributed by atoms with Crippen molar-refractivity contribution in [1.29, 1.82) is 0 Å². The van der Waals surface area contributed by atoms with Crippen LogP contribution in [0.25, 0.3) is 0 Å². The third-order valence-corrected chi connectivity index (χ3v) is 5.85. The van der Waals surface area contributed by atoms with Crippen molar-refractivity contribution in [2.75, 3.05) is 38.2 Å². The van der Waals surface area contributed by atoms with Crippen molar-refractivity contribution in [2.24, 2.45) is 0 Å². The van der Waals surface area contributed by atoms with Crippen molar-refractivity contribution in [3.63, 3.8) is 0 Å². The van der Waals surface area contributed by atoms with Crippen molar-refractivity contribution in [3.8, 4) is 11.5 Å². The number of hydrogen-bond donors (Lipinski definition) is 0. The fourth-order valence-corrected chi connectivity index (χ4v) is 3.90. The van der Waals surface area contributed by atoms with Crippen molar-refractivity contribution in [2.45, 2.75) is 6.61 Å². The average Bonchev–Trinajstić information content (AvgIpc) is 2.83. The molecule has 1 aliphatic rings. The molecule has 1 saturated heterocycles. The Morgan fingerprint density at radius 2 is 1.43 bits per heavy atom. The second-order valence-corrected chi connectivity index (χ2v) is 7.66. The van der Waals surface area contributed by atoms with Gasteiger partial charge in [0.2, 0.25) is 0 Å². The topological polar surface area (TPSA) is 24.9 Å². The van der Waals surface area contributed by atoms with Crippen LogP contribution in [0.3, 0.4) is 0 Å². The number of benzene rings is 3. The molecule has 0 atom stereocenters. The Labute approximate surface area is 183 Å². The maximum Gasteiger partial charge on any atom is 0.119 e. The van der Waals surface area contributed by atoms with Gasteiger partial charge in [0, 0.05) is 37.4 Å². The average molecular weight is 419 g/mol. The highest BCUT2D eigenvalue weighted by Crippen LogP contribution is 2.22. The lowest BCUT2D eigenvalue weighted by Gasteiger charge is -2.37. The van der Waals surface area contributed by atoms with E-state index >= 15 is 0 Å². The number of methoxy groups -OCH3 is 1. The van der Waals surface area contributed by atoms with Crippen LogP contribution >= 0.6 is 12.2 Å². The van der Waals surface area contributed by atoms with Crippen LogP contribution in [0.15, 0.2) is 78.9 Å². The summed E-state index contributed by atoms with van der Waals surface area (Å²) in [6.07, 6.45) is 0. The molecule has 3 aromatic carbocycles. The molecule has 5 heteroatoms. The molecule has 0 N–H and O–H groups in total. The zero-order valence-corrected chi connectivity index (χ0v) is 18.0. The van der Waals surface area contributed by atoms with E-state index in [4.69, 9.17) is 21.7 Å². The van der Waals surface area contributed by atoms with Crippen molar-refractivity contribution in [1.82, 2.24) is 4.90 Å². The molecule has 0 aliphatic carbocycles. The summed E-state index contributed by atoms with van der Waals surface area (Å²) < 4.78 is 11.1. The van der Waals surface area contributed by atoms with Gasteiger partial charge in [0.1, 0.15) is 23.1 Å². The van der Waals surface area contributed by atoms with Gasteiger partial charge >= 0.3 is 0 Å². The minimum atomic E-state index is 0.567. The molecule has 1 fully saturated rings. The van der Waals surface area contributed by atoms with Crippen LogP contribution in [0, 0.1) is 0 Å². The third-order valence-electron chi connectivity index (χ3n) is 5.35. The molecule has 0 amide bonds. The van der Waals surface area contributed by atoms with Crippen LogP contribution in [0.1, 0.15) is 11.1 Å². The molecule has 3 aromatic rings. The van der Waals surface area contributed by atoms with E-state index in [0.29, 0.717) is 6.61 Å². The number of rotatable bonds is 6. The fourth-order valence-electron chi connectivity index (χ4n) is 3.58. The van der Waals surface area contributed by atoms with Gasteiger partial charge < -0.3 is 19.3 Å². The van der Waals surface area contributed by atoms with E-state index in [-0.39, 0.29) is 0 Å². The molecule has 4 nitrogen and oxygen atoms in total. The monoisotopic (exact) mass is 418 g/mol. The largest absolute Gasteiger partial charge is 0.497 e. The highest BCUT2D eigenvalue weighted by atomic mass is 32.1. The van der Waals surface area contributed by atoms with E-state index in [1.54, 1.807) is 7.11 Å². The van der Waals surface area contributed by atoms with Gasteiger partial charge in [-0.25, -0.2) is 0 Å². The molecule has 4 rings (SSSR count). The zero-order valence-electron chi connectivity index (χ0n) is 17.2. The van der Waals surface area contributed by atoms with Crippen LogP contribution < -0.4 is 14.4 Å². The predicted octanol–water partition coefficient (Wildman–Crippen LogP) is 4.77. The summed E-state index contributed by atoms with van der Waals surface area (Å²) in [6.45, 7) is 4.29. The second kappa shape index (κ2) is 9.63. The van der Waals surface area contributed by atoms with Crippen LogP contribution in [0.4, 0.5) is 5.69 Å². The number of hydrogen-bond acceptors (Lipinski definition) is 4. The predicted molar refractivity (Wildman–Crippen MR) is 126 cm³/mol. The minimum absolute atomic E-state index is 0.567. The smallest absolute Gasteiger partial charge is 0.119 e. The lowest BCUT2D eigenvalue weighted by atomic mass is 10.1. The lowest BCUT2D eigenvalue weighted by molar-refractivity contribution is 0.306. The Morgan fingerprint density at radius 3 is 2.07 bits per heavy atom. The molecular formula is C25H26N2O2S. The van der Waals surface area contributed by atoms with Crippen molar-refractivity contribution < 1.29 is 9.47 Å². The first kappa shape index (κ1) is 20.2. The highest BCUT2D eigenvalue weighted by molar-refractivity contribution is 7.80. The van der Waals surface area contributed by atoms with Crippen molar-refractivity contribution in [3.05, 3.63) is 90.0 Å². The van der Waals surface area contributed by atoms with Crippen LogP contribution in [-0.4, -0.2) is 43.2 Å². The summed E-state index contributed by atoms with van der Waals surface area (Å²) >= 11 is 5.76. The number of anilines is 1. The number of thiocarbonyl (C=S) groups is 1. The van der Waals surface area contributed by atoms with Gasteiger partial charge in [0.25, 0.3) is 0 Å². The SMILES string of the molecule is COc1ccc(N2CCN(C(=S)c3ccc(OCc4ccccc4)cc3)CC2)cc1. The van der Waals surface area contributed by atoms with E-state index in [0.717, 1.165) is 53.8 Å². The first-order chi connectivity index (χ1) is 14.7. The van der Waals surface area contributed by atoms with Crippen LogP contribution in [-0.2, 0) is 6.61 Å². The molecule has 0 saturated carbocycles. The summed E-state index contributed by atoms with van der Waals surface area (Å²) in [7, 11) is 1.69. The number of piperazine rings is 1. The summed E-state index contributed by atoms with van der Waals surface area (Å²) in [4.78, 5) is 5.58. The molecule has 0 bridgehead atoms. The van der Waals surface area contributed by atoms with E-state index in [2.05, 4.69) is 46.2 Å². The molecule has 30 heavy (non-hydrogen) atoms. The Kier molecular flexibility index (Phi) is 6.50. The highest BCUT2D eigenvalue weighted by Gasteiger charge is 2.20. The quantitative estimate of drug-likeness (QED) is 0.537. The Morgan fingerprint density at radius 1 is 0.800 bits per heavy atom. The standard InChI is InChI=1S/C25H26N2O2S/c1-28-23-13-9-22(10-14-23)26-15-17-27(18-16-26)25(30)21-7-11-24(12-8-21)29-19-20-5-3-2-4-6-20/h2-14H,15-19H2,1H3. The van der Waals surface area contributed by atoms with Crippen molar-refractivity contribution >= 4 is 22.9 Å². The van der Waals surface area contributed by atoms with Gasteiger partial charge in [-0.1, -0.05) is 42.5 Å². The molecule has 0 unspecified atom stereocenters. The molecule has 0 spiro atoms. The molecular weight excluding hydrogens is 392 g/mol. The minimum Gasteiger partial charge on any atom is -0.497 e. The molecule has 154 valence electrons. The van der Waals surface area contributed by atoms with Gasteiger partial charge in [-0.15, -0.1) is 0 Å². The summed E-state index contributed by atoms with van der Waals surface area (Å²) in [6, 6.07) is 26.5. The Balaban J connectivity index is 1.30. The summed E-state index contributed by atoms with van der Waals surface area (Å²) in [5.41, 5.74) is 3.45. The zero-order chi connectivity index (χ0) is 20.8. The summed E-state index contributed by atoms with van der Waals surface area (Å²) in [5, 5.41) is 0. The first-order valence-electron chi connectivity index (χ1n) is 10.2. The molecule has 1 aliphatic heterocycles. The van der Waals surface area contributed by atoms with Crippen LogP contribution in [0.2, 0.25) is 0 Å². The molecule has 0 radical (unpaired) electrons. The second-order valence-electron chi connectivity index (χ2n) is 7.28. The van der Waals surface area contributed by atoms with E-state index in [1.165, 1.54) is 5.69 Å². The molecule has 0 aromatic heterocycles. The lowest BCUT2D eigenvalue weighted by Crippen LogP contribution is -2.48. The van der Waals surface area contributed by atoms with Gasteiger partial charge in [-0.05, 0) is 54.1 Å². The maximum absolute atomic E-state index is 5.88. The number of nitrogens with zero attached hydrogens (tertiary/aromatic N) is 2. The fraction of sp³-hybridized carbons (Fsp3) is 0.240. The first-order valence-corrected chi connectivity index (χ1v) is 10.6. The van der Waals surface area contributed by atoms with E-state index in [9.17, 15) is 0 Å². The van der Waals surface area contributed by atoms with E-state index < -0.39 is 0 Å². The Bertz CT molecular complexity index is 951. The molecule has 1 heterocycles. The third kappa shape index (κ3) is 4.92. The normalized spacial score (nSPS) is 13.8.